The second kappa shape index (κ2) is 7.51. The number of hydrogen-bond acceptors (Lipinski definition) is 2. The van der Waals surface area contributed by atoms with Gasteiger partial charge in [-0.25, -0.2) is 0 Å². The second-order valence-corrected chi connectivity index (χ2v) is 5.54. The summed E-state index contributed by atoms with van der Waals surface area (Å²) in [5.74, 6) is 0.760. The Labute approximate surface area is 141 Å². The monoisotopic (exact) mass is 320 g/mol. The molecule has 0 unspecified atom stereocenters. The van der Waals surface area contributed by atoms with Gasteiger partial charge in [-0.3, -0.25) is 4.79 Å². The third-order valence-electron chi connectivity index (χ3n) is 3.90. The maximum absolute atomic E-state index is 12.5. The summed E-state index contributed by atoms with van der Waals surface area (Å²) in [5, 5.41) is 2.95. The van der Waals surface area contributed by atoms with E-state index in [0.717, 1.165) is 17.0 Å². The Morgan fingerprint density at radius 1 is 1.04 bits per heavy atom. The highest BCUT2D eigenvalue weighted by molar-refractivity contribution is 5.91. The molecule has 0 fully saturated rings. The van der Waals surface area contributed by atoms with E-state index in [1.807, 2.05) is 83.7 Å². The van der Waals surface area contributed by atoms with E-state index in [-0.39, 0.29) is 11.9 Å². The van der Waals surface area contributed by atoms with Crippen LogP contribution in [-0.4, -0.2) is 17.6 Å². The lowest BCUT2D eigenvalue weighted by molar-refractivity contribution is -0.116. The van der Waals surface area contributed by atoms with E-state index in [1.165, 1.54) is 0 Å². The Hall–Kier alpha value is -3.01. The Morgan fingerprint density at radius 3 is 2.50 bits per heavy atom. The van der Waals surface area contributed by atoms with Crippen molar-refractivity contribution >= 4 is 11.6 Å². The van der Waals surface area contributed by atoms with Gasteiger partial charge >= 0.3 is 0 Å². The zero-order chi connectivity index (χ0) is 16.8. The van der Waals surface area contributed by atoms with E-state index >= 15 is 0 Å². The topological polar surface area (TPSA) is 43.3 Å². The molecule has 1 aromatic heterocycles. The van der Waals surface area contributed by atoms with Crippen LogP contribution in [-0.2, 0) is 4.79 Å². The van der Waals surface area contributed by atoms with Crippen LogP contribution >= 0.6 is 0 Å². The first-order chi connectivity index (χ1) is 11.8. The summed E-state index contributed by atoms with van der Waals surface area (Å²) >= 11 is 0. The Kier molecular flexibility index (Phi) is 4.96. The fraction of sp³-hybridized carbons (Fsp3) is 0.150. The highest BCUT2D eigenvalue weighted by atomic mass is 16.5. The number of carbonyl (C=O) groups is 1. The molecular formula is C20H20N2O2. The summed E-state index contributed by atoms with van der Waals surface area (Å²) in [6, 6.07) is 21.2. The third-order valence-corrected chi connectivity index (χ3v) is 3.90. The molecule has 0 bridgehead atoms. The lowest BCUT2D eigenvalue weighted by Gasteiger charge is -2.20. The van der Waals surface area contributed by atoms with Crippen LogP contribution in [0.3, 0.4) is 0 Å². The van der Waals surface area contributed by atoms with Crippen LogP contribution in [0.1, 0.15) is 18.0 Å². The molecule has 1 N–H and O–H groups in total. The van der Waals surface area contributed by atoms with Gasteiger partial charge in [0.1, 0.15) is 5.75 Å². The lowest BCUT2D eigenvalue weighted by atomic mass is 10.0. The van der Waals surface area contributed by atoms with E-state index < -0.39 is 0 Å². The number of nitrogens with zero attached hydrogens (tertiary/aromatic N) is 1. The van der Waals surface area contributed by atoms with Crippen molar-refractivity contribution in [1.82, 2.24) is 4.57 Å². The molecule has 0 aliphatic heterocycles. The van der Waals surface area contributed by atoms with E-state index in [4.69, 9.17) is 4.74 Å². The molecule has 24 heavy (non-hydrogen) atoms. The molecule has 2 aromatic carbocycles. The number of methoxy groups -OCH3 is 1. The van der Waals surface area contributed by atoms with Gasteiger partial charge in [0.25, 0.3) is 0 Å². The number of anilines is 1. The average molecular weight is 320 g/mol. The van der Waals surface area contributed by atoms with Crippen molar-refractivity contribution in [2.24, 2.45) is 0 Å². The van der Waals surface area contributed by atoms with Crippen molar-refractivity contribution in [3.8, 4) is 5.75 Å². The van der Waals surface area contributed by atoms with E-state index in [2.05, 4.69) is 5.32 Å². The maximum Gasteiger partial charge on any atom is 0.226 e. The minimum Gasteiger partial charge on any atom is -0.497 e. The molecule has 0 aliphatic carbocycles. The summed E-state index contributed by atoms with van der Waals surface area (Å²) < 4.78 is 7.35. The zero-order valence-electron chi connectivity index (χ0n) is 13.6. The van der Waals surface area contributed by atoms with Crippen molar-refractivity contribution in [1.29, 1.82) is 0 Å². The van der Waals surface area contributed by atoms with Crippen molar-refractivity contribution in [2.45, 2.75) is 12.5 Å². The fourth-order valence-corrected chi connectivity index (χ4v) is 2.71. The minimum absolute atomic E-state index is 0.0253. The van der Waals surface area contributed by atoms with E-state index in [0.29, 0.717) is 6.42 Å². The molecule has 0 radical (unpaired) electrons. The standard InChI is InChI=1S/C20H20N2O2/c1-24-18-11-7-8-16(14-18)19(22-12-5-6-13-22)15-20(23)21-17-9-3-2-4-10-17/h2-14,19H,15H2,1H3,(H,21,23)/t19-/m0/s1. The van der Waals surface area contributed by atoms with Gasteiger partial charge in [-0.05, 0) is 42.0 Å². The summed E-state index contributed by atoms with van der Waals surface area (Å²) in [6.07, 6.45) is 4.29. The number of hydrogen-bond donors (Lipinski definition) is 1. The predicted molar refractivity (Wildman–Crippen MR) is 95.3 cm³/mol. The third kappa shape index (κ3) is 3.84. The minimum atomic E-state index is -0.0844. The van der Waals surface area contributed by atoms with Crippen LogP contribution in [0.5, 0.6) is 5.75 Å². The Morgan fingerprint density at radius 2 is 1.79 bits per heavy atom. The number of ether oxygens (including phenoxy) is 1. The molecule has 3 rings (SSSR count). The largest absolute Gasteiger partial charge is 0.497 e. The van der Waals surface area contributed by atoms with Gasteiger partial charge < -0.3 is 14.6 Å². The van der Waals surface area contributed by atoms with Crippen LogP contribution in [0.15, 0.2) is 79.1 Å². The molecule has 1 amide bonds. The van der Waals surface area contributed by atoms with Crippen LogP contribution in [0.25, 0.3) is 0 Å². The van der Waals surface area contributed by atoms with Gasteiger partial charge in [0.05, 0.1) is 19.6 Å². The lowest BCUT2D eigenvalue weighted by Crippen LogP contribution is -2.19. The summed E-state index contributed by atoms with van der Waals surface area (Å²) in [7, 11) is 1.64. The first-order valence-electron chi connectivity index (χ1n) is 7.87. The van der Waals surface area contributed by atoms with Gasteiger partial charge in [0, 0.05) is 18.1 Å². The molecule has 0 aliphatic rings. The van der Waals surface area contributed by atoms with Gasteiger partial charge in [0.15, 0.2) is 0 Å². The van der Waals surface area contributed by atoms with Crippen LogP contribution < -0.4 is 10.1 Å². The molecule has 1 atom stereocenters. The highest BCUT2D eigenvalue weighted by Crippen LogP contribution is 2.26. The van der Waals surface area contributed by atoms with E-state index in [9.17, 15) is 4.79 Å². The molecular weight excluding hydrogens is 300 g/mol. The molecule has 4 nitrogen and oxygen atoms in total. The first-order valence-corrected chi connectivity index (χ1v) is 7.87. The molecule has 0 saturated carbocycles. The second-order valence-electron chi connectivity index (χ2n) is 5.54. The van der Waals surface area contributed by atoms with Crippen molar-refractivity contribution in [3.05, 3.63) is 84.7 Å². The number of benzene rings is 2. The first kappa shape index (κ1) is 15.9. The Bertz CT molecular complexity index is 782. The van der Waals surface area contributed by atoms with Crippen LogP contribution in [0, 0.1) is 0 Å². The van der Waals surface area contributed by atoms with Crippen molar-refractivity contribution in [2.75, 3.05) is 12.4 Å². The summed E-state index contributed by atoms with van der Waals surface area (Å²) in [6.45, 7) is 0. The van der Waals surface area contributed by atoms with Crippen LogP contribution in [0.2, 0.25) is 0 Å². The van der Waals surface area contributed by atoms with Crippen LogP contribution in [0.4, 0.5) is 5.69 Å². The molecule has 4 heteroatoms. The van der Waals surface area contributed by atoms with Gasteiger partial charge in [0.2, 0.25) is 5.91 Å². The molecule has 0 spiro atoms. The van der Waals surface area contributed by atoms with Crippen molar-refractivity contribution in [3.63, 3.8) is 0 Å². The Balaban J connectivity index is 1.82. The predicted octanol–water partition coefficient (Wildman–Crippen LogP) is 4.11. The number of rotatable bonds is 6. The average Bonchev–Trinajstić information content (AvgIpc) is 3.15. The smallest absolute Gasteiger partial charge is 0.226 e. The molecule has 1 heterocycles. The van der Waals surface area contributed by atoms with Gasteiger partial charge in [-0.15, -0.1) is 0 Å². The van der Waals surface area contributed by atoms with Gasteiger partial charge in [-0.2, -0.15) is 0 Å². The number of para-hydroxylation sites is 1. The molecule has 3 aromatic rings. The number of amides is 1. The highest BCUT2D eigenvalue weighted by Gasteiger charge is 2.18. The molecule has 122 valence electrons. The fourth-order valence-electron chi connectivity index (χ4n) is 2.71. The van der Waals surface area contributed by atoms with E-state index in [1.54, 1.807) is 7.11 Å². The summed E-state index contributed by atoms with van der Waals surface area (Å²) in [4.78, 5) is 12.5. The zero-order valence-corrected chi connectivity index (χ0v) is 13.6. The SMILES string of the molecule is COc1cccc([C@H](CC(=O)Nc2ccccc2)n2cccc2)c1. The summed E-state index contributed by atoms with van der Waals surface area (Å²) in [5.41, 5.74) is 1.84. The maximum atomic E-state index is 12.5. The number of aromatic nitrogens is 1. The number of nitrogens with one attached hydrogen (secondary N) is 1. The van der Waals surface area contributed by atoms with Crippen molar-refractivity contribution < 1.29 is 9.53 Å². The quantitative estimate of drug-likeness (QED) is 0.742. The van der Waals surface area contributed by atoms with Gasteiger partial charge in [-0.1, -0.05) is 30.3 Å². The number of carbonyl (C=O) groups excluding carboxylic acids is 1. The normalized spacial score (nSPS) is 11.7. The molecule has 0 saturated heterocycles.